The molecule has 7 heteroatoms. The summed E-state index contributed by atoms with van der Waals surface area (Å²) in [6.07, 6.45) is 0.710. The Bertz CT molecular complexity index is 845. The lowest BCUT2D eigenvalue weighted by molar-refractivity contribution is -0.141. The highest BCUT2D eigenvalue weighted by Gasteiger charge is 2.47. The summed E-state index contributed by atoms with van der Waals surface area (Å²) in [5.74, 6) is 0.534. The van der Waals surface area contributed by atoms with Crippen LogP contribution in [0.2, 0.25) is 0 Å². The number of rotatable bonds is 7. The van der Waals surface area contributed by atoms with Crippen molar-refractivity contribution < 1.29 is 19.1 Å². The molecule has 1 aromatic carbocycles. The fraction of sp³-hybridized carbons (Fsp3) is 0.500. The largest absolute Gasteiger partial charge is 0.494 e. The lowest BCUT2D eigenvalue weighted by atomic mass is 9.94. The Morgan fingerprint density at radius 3 is 2.52 bits per heavy atom. The SMILES string of the molecule is CCOc1ccc([C@@H]2C(C(=O)OCC(C)C)=C(C)N=C3S[C@@H](CC)C(=O)N32)cc1. The molecule has 1 saturated heterocycles. The zero-order valence-electron chi connectivity index (χ0n) is 17.6. The van der Waals surface area contributed by atoms with E-state index in [1.165, 1.54) is 11.8 Å². The van der Waals surface area contributed by atoms with Crippen molar-refractivity contribution >= 4 is 28.8 Å². The number of fused-ring (bicyclic) bond motifs is 1. The van der Waals surface area contributed by atoms with Gasteiger partial charge in [0.25, 0.3) is 0 Å². The predicted molar refractivity (Wildman–Crippen MR) is 115 cm³/mol. The monoisotopic (exact) mass is 416 g/mol. The van der Waals surface area contributed by atoms with E-state index in [2.05, 4.69) is 4.99 Å². The molecule has 0 spiro atoms. The van der Waals surface area contributed by atoms with E-state index in [0.717, 1.165) is 11.3 Å². The van der Waals surface area contributed by atoms with Crippen LogP contribution in [0.15, 0.2) is 40.5 Å². The molecule has 1 aromatic rings. The molecule has 0 unspecified atom stereocenters. The van der Waals surface area contributed by atoms with Crippen LogP contribution in [-0.2, 0) is 14.3 Å². The molecule has 0 bridgehead atoms. The molecule has 6 nitrogen and oxygen atoms in total. The van der Waals surface area contributed by atoms with Crippen LogP contribution in [0.1, 0.15) is 52.6 Å². The van der Waals surface area contributed by atoms with Crippen molar-refractivity contribution in [2.24, 2.45) is 10.9 Å². The second kappa shape index (κ2) is 9.03. The highest BCUT2D eigenvalue weighted by atomic mass is 32.2. The first-order valence-electron chi connectivity index (χ1n) is 10.1. The van der Waals surface area contributed by atoms with Gasteiger partial charge >= 0.3 is 5.97 Å². The van der Waals surface area contributed by atoms with Gasteiger partial charge in [-0.1, -0.05) is 44.7 Å². The molecule has 0 radical (unpaired) electrons. The molecule has 0 N–H and O–H groups in total. The summed E-state index contributed by atoms with van der Waals surface area (Å²) in [5.41, 5.74) is 1.85. The molecule has 2 aliphatic heterocycles. The molecule has 0 aromatic heterocycles. The fourth-order valence-electron chi connectivity index (χ4n) is 3.40. The van der Waals surface area contributed by atoms with Gasteiger partial charge in [0, 0.05) is 0 Å². The number of thioether (sulfide) groups is 1. The number of nitrogens with zero attached hydrogens (tertiary/aromatic N) is 2. The van der Waals surface area contributed by atoms with E-state index in [0.29, 0.717) is 36.1 Å². The summed E-state index contributed by atoms with van der Waals surface area (Å²) in [6.45, 7) is 10.6. The quantitative estimate of drug-likeness (QED) is 0.619. The molecular formula is C22H28N2O4S. The lowest BCUT2D eigenvalue weighted by Gasteiger charge is -2.33. The van der Waals surface area contributed by atoms with Crippen molar-refractivity contribution in [3.8, 4) is 5.75 Å². The Labute approximate surface area is 176 Å². The number of carbonyl (C=O) groups is 2. The second-order valence-corrected chi connectivity index (χ2v) is 8.68. The summed E-state index contributed by atoms with van der Waals surface area (Å²) in [5, 5.41) is 0.469. The number of hydrogen-bond donors (Lipinski definition) is 0. The third-order valence-electron chi connectivity index (χ3n) is 4.80. The average Bonchev–Trinajstić information content (AvgIpc) is 3.01. The predicted octanol–water partition coefficient (Wildman–Crippen LogP) is 4.32. The van der Waals surface area contributed by atoms with Gasteiger partial charge in [-0.3, -0.25) is 9.69 Å². The highest BCUT2D eigenvalue weighted by Crippen LogP contribution is 2.44. The van der Waals surface area contributed by atoms with E-state index in [-0.39, 0.29) is 17.1 Å². The number of hydrogen-bond acceptors (Lipinski definition) is 6. The van der Waals surface area contributed by atoms with Crippen LogP contribution in [0, 0.1) is 5.92 Å². The maximum absolute atomic E-state index is 13.1. The van der Waals surface area contributed by atoms with E-state index in [1.807, 2.05) is 58.9 Å². The Balaban J connectivity index is 2.03. The van der Waals surface area contributed by atoms with E-state index >= 15 is 0 Å². The number of carbonyl (C=O) groups excluding carboxylic acids is 2. The number of amidine groups is 1. The third kappa shape index (κ3) is 4.34. The first-order chi connectivity index (χ1) is 13.9. The van der Waals surface area contributed by atoms with Crippen molar-refractivity contribution in [3.63, 3.8) is 0 Å². The van der Waals surface area contributed by atoms with Crippen molar-refractivity contribution in [1.82, 2.24) is 4.90 Å². The molecule has 1 amide bonds. The minimum absolute atomic E-state index is 0.0169. The first kappa shape index (κ1) is 21.4. The number of allylic oxidation sites excluding steroid dienone is 1. The van der Waals surface area contributed by atoms with Crippen LogP contribution in [0.25, 0.3) is 0 Å². The second-order valence-electron chi connectivity index (χ2n) is 7.51. The number of esters is 1. The van der Waals surface area contributed by atoms with Gasteiger partial charge in [-0.15, -0.1) is 0 Å². The minimum atomic E-state index is -0.547. The van der Waals surface area contributed by atoms with Crippen molar-refractivity contribution in [2.75, 3.05) is 13.2 Å². The topological polar surface area (TPSA) is 68.2 Å². The average molecular weight is 417 g/mol. The number of aliphatic imine (C=N–C) groups is 1. The van der Waals surface area contributed by atoms with Gasteiger partial charge in [0.05, 0.1) is 35.8 Å². The highest BCUT2D eigenvalue weighted by molar-refractivity contribution is 8.15. The molecule has 3 rings (SSSR count). The van der Waals surface area contributed by atoms with E-state index in [4.69, 9.17) is 9.47 Å². The molecule has 1 fully saturated rings. The van der Waals surface area contributed by atoms with Crippen molar-refractivity contribution in [2.45, 2.75) is 52.3 Å². The van der Waals surface area contributed by atoms with Gasteiger partial charge in [0.2, 0.25) is 5.91 Å². The van der Waals surface area contributed by atoms with Crippen LogP contribution in [0.5, 0.6) is 5.75 Å². The Morgan fingerprint density at radius 2 is 1.93 bits per heavy atom. The zero-order chi connectivity index (χ0) is 21.1. The Kier molecular flexibility index (Phi) is 6.67. The Morgan fingerprint density at radius 1 is 1.24 bits per heavy atom. The maximum Gasteiger partial charge on any atom is 0.338 e. The van der Waals surface area contributed by atoms with E-state index in [9.17, 15) is 9.59 Å². The van der Waals surface area contributed by atoms with Gasteiger partial charge < -0.3 is 9.47 Å². The number of amides is 1. The van der Waals surface area contributed by atoms with Crippen molar-refractivity contribution in [1.29, 1.82) is 0 Å². The lowest BCUT2D eigenvalue weighted by Crippen LogP contribution is -2.40. The van der Waals surface area contributed by atoms with Gasteiger partial charge in [-0.05, 0) is 43.9 Å². The van der Waals surface area contributed by atoms with Crippen molar-refractivity contribution in [3.05, 3.63) is 41.1 Å². The zero-order valence-corrected chi connectivity index (χ0v) is 18.4. The maximum atomic E-state index is 13.1. The molecule has 2 aliphatic rings. The van der Waals surface area contributed by atoms with Gasteiger partial charge in [0.15, 0.2) is 5.17 Å². The number of ether oxygens (including phenoxy) is 2. The molecule has 0 aliphatic carbocycles. The van der Waals surface area contributed by atoms with Crippen LogP contribution in [0.3, 0.4) is 0 Å². The molecule has 156 valence electrons. The summed E-state index contributed by atoms with van der Waals surface area (Å²) in [7, 11) is 0. The molecule has 2 atom stereocenters. The summed E-state index contributed by atoms with van der Waals surface area (Å²) >= 11 is 1.46. The smallest absolute Gasteiger partial charge is 0.338 e. The molecular weight excluding hydrogens is 388 g/mol. The fourth-order valence-corrected chi connectivity index (χ4v) is 4.53. The normalized spacial score (nSPS) is 21.4. The molecule has 2 heterocycles. The number of benzene rings is 1. The van der Waals surface area contributed by atoms with Gasteiger partial charge in [-0.2, -0.15) is 0 Å². The Hall–Kier alpha value is -2.28. The van der Waals surface area contributed by atoms with Gasteiger partial charge in [-0.25, -0.2) is 9.79 Å². The van der Waals surface area contributed by atoms with Gasteiger partial charge in [0.1, 0.15) is 5.75 Å². The van der Waals surface area contributed by atoms with E-state index in [1.54, 1.807) is 4.90 Å². The van der Waals surface area contributed by atoms with Crippen LogP contribution >= 0.6 is 11.8 Å². The summed E-state index contributed by atoms with van der Waals surface area (Å²) in [6, 6.07) is 6.98. The third-order valence-corrected chi connectivity index (χ3v) is 6.11. The minimum Gasteiger partial charge on any atom is -0.494 e. The van der Waals surface area contributed by atoms with Crippen LogP contribution in [0.4, 0.5) is 0 Å². The van der Waals surface area contributed by atoms with E-state index < -0.39 is 12.0 Å². The molecule has 0 saturated carbocycles. The molecule has 29 heavy (non-hydrogen) atoms. The first-order valence-corrected chi connectivity index (χ1v) is 10.9. The van der Waals surface area contributed by atoms with Crippen LogP contribution in [-0.4, -0.2) is 40.4 Å². The summed E-state index contributed by atoms with van der Waals surface area (Å²) in [4.78, 5) is 32.3. The standard InChI is InChI=1S/C22H28N2O4S/c1-6-17-20(25)24-19(15-8-10-16(11-9-15)27-7-2)18(14(5)23-22(24)29-17)21(26)28-12-13(3)4/h8-11,13,17,19H,6-7,12H2,1-5H3/t17-,19+/m0/s1. The summed E-state index contributed by atoms with van der Waals surface area (Å²) < 4.78 is 11.1. The van der Waals surface area contributed by atoms with Crippen LogP contribution < -0.4 is 4.74 Å².